The van der Waals surface area contributed by atoms with Gasteiger partial charge in [0.25, 0.3) is 0 Å². The molecule has 0 spiro atoms. The van der Waals surface area contributed by atoms with Crippen LogP contribution in [0.15, 0.2) is 40.9 Å². The second kappa shape index (κ2) is 10.7. The molecule has 1 heterocycles. The number of amidine groups is 1. The average Bonchev–Trinajstić information content (AvgIpc) is 3.18. The van der Waals surface area contributed by atoms with Crippen LogP contribution in [0, 0.1) is 10.1 Å². The van der Waals surface area contributed by atoms with Crippen molar-refractivity contribution in [2.24, 2.45) is 10.9 Å². The third-order valence-corrected chi connectivity index (χ3v) is 3.94. The number of oxime groups is 1. The molecular weight excluding hydrogens is 372 g/mol. The van der Waals surface area contributed by atoms with Crippen molar-refractivity contribution in [3.8, 4) is 0 Å². The van der Waals surface area contributed by atoms with E-state index in [4.69, 9.17) is 5.73 Å². The fourth-order valence-corrected chi connectivity index (χ4v) is 2.50. The van der Waals surface area contributed by atoms with Gasteiger partial charge >= 0.3 is 11.1 Å². The number of carbonyl (C=O) groups is 2. The van der Waals surface area contributed by atoms with Crippen LogP contribution in [0.2, 0.25) is 0 Å². The van der Waals surface area contributed by atoms with E-state index in [-0.39, 0.29) is 22.2 Å². The molecule has 3 N–H and O–H groups in total. The van der Waals surface area contributed by atoms with Gasteiger partial charge in [-0.3, -0.25) is 25.1 Å². The third kappa shape index (κ3) is 6.51. The van der Waals surface area contributed by atoms with Gasteiger partial charge < -0.3 is 5.73 Å². The molecule has 1 amide bonds. The Balaban J connectivity index is 0.00000176. The van der Waals surface area contributed by atoms with E-state index in [1.54, 1.807) is 31.2 Å². The minimum Gasteiger partial charge on any atom is -0.380 e. The number of hydrogen-bond acceptors (Lipinski definition) is 7. The molecule has 10 heteroatoms. The molecule has 0 unspecified atom stereocenters. The van der Waals surface area contributed by atoms with Crippen molar-refractivity contribution in [2.75, 3.05) is 5.32 Å². The molecule has 0 saturated carbocycles. The van der Waals surface area contributed by atoms with Crippen molar-refractivity contribution < 1.29 is 19.3 Å². The second-order valence-electron chi connectivity index (χ2n) is 4.77. The number of Topliss-reactive ketones (excluding diaryl/α,β-unsaturated/α-hetero) is 1. The van der Waals surface area contributed by atoms with E-state index in [1.165, 1.54) is 11.4 Å². The summed E-state index contributed by atoms with van der Waals surface area (Å²) in [6.07, 6.45) is -0.494. The van der Waals surface area contributed by atoms with Crippen LogP contribution >= 0.6 is 11.3 Å². The van der Waals surface area contributed by atoms with E-state index in [2.05, 4.69) is 15.3 Å². The van der Waals surface area contributed by atoms with Gasteiger partial charge in [0.1, 0.15) is 0 Å². The van der Waals surface area contributed by atoms with Gasteiger partial charge in [0, 0.05) is 34.7 Å². The maximum Gasteiger partial charge on any atom is 0.437 e. The zero-order chi connectivity index (χ0) is 20.4. The number of anilines is 1. The number of ketones is 1. The first-order valence-corrected chi connectivity index (χ1v) is 8.96. The molecule has 0 fully saturated rings. The van der Waals surface area contributed by atoms with Crippen molar-refractivity contribution >= 4 is 39.7 Å². The first-order chi connectivity index (χ1) is 12.9. The fourth-order valence-electron chi connectivity index (χ4n) is 1.78. The number of nitro groups is 1. The number of thiophene rings is 1. The van der Waals surface area contributed by atoms with E-state index in [0.29, 0.717) is 17.7 Å². The van der Waals surface area contributed by atoms with Crippen LogP contribution in [0.25, 0.3) is 0 Å². The van der Waals surface area contributed by atoms with E-state index >= 15 is 0 Å². The number of hydrogen-bond donors (Lipinski definition) is 2. The van der Waals surface area contributed by atoms with Crippen molar-refractivity contribution in [3.05, 3.63) is 57.0 Å². The molecule has 0 saturated heterocycles. The molecular formula is C17H20N4O5S. The van der Waals surface area contributed by atoms with Crippen LogP contribution in [0.4, 0.5) is 15.5 Å². The summed E-state index contributed by atoms with van der Waals surface area (Å²) in [4.78, 5) is 37.9. The minimum absolute atomic E-state index is 0.00337. The molecule has 0 atom stereocenters. The molecule has 0 radical (unpaired) electrons. The van der Waals surface area contributed by atoms with Crippen LogP contribution in [-0.4, -0.2) is 22.6 Å². The quantitative estimate of drug-likeness (QED) is 0.189. The van der Waals surface area contributed by atoms with Gasteiger partial charge in [-0.25, -0.2) is 4.79 Å². The molecule has 1 aromatic heterocycles. The van der Waals surface area contributed by atoms with Gasteiger partial charge in [-0.15, -0.1) is 0 Å². The maximum absolute atomic E-state index is 11.7. The fraction of sp³-hybridized carbons (Fsp3) is 0.235. The van der Waals surface area contributed by atoms with Crippen LogP contribution in [0.3, 0.4) is 0 Å². The SMILES string of the molecule is CC.CCC(=O)c1ccc(NC(=O)O/N=C(/N)c2csc([N+](=O)[O-])c2)cc1. The van der Waals surface area contributed by atoms with Gasteiger partial charge in [-0.1, -0.05) is 37.3 Å². The average molecular weight is 392 g/mol. The highest BCUT2D eigenvalue weighted by Crippen LogP contribution is 2.22. The molecule has 144 valence electrons. The molecule has 0 aliphatic heterocycles. The van der Waals surface area contributed by atoms with E-state index in [0.717, 1.165) is 11.3 Å². The Kier molecular flexibility index (Phi) is 8.60. The largest absolute Gasteiger partial charge is 0.437 e. The summed E-state index contributed by atoms with van der Waals surface area (Å²) in [6, 6.07) is 7.51. The summed E-state index contributed by atoms with van der Waals surface area (Å²) in [5.41, 5.74) is 6.85. The summed E-state index contributed by atoms with van der Waals surface area (Å²) in [5, 5.41) is 17.8. The minimum atomic E-state index is -0.887. The van der Waals surface area contributed by atoms with E-state index in [1.807, 2.05) is 13.8 Å². The van der Waals surface area contributed by atoms with Gasteiger partial charge in [-0.05, 0) is 24.3 Å². The number of amides is 1. The zero-order valence-electron chi connectivity index (χ0n) is 15.1. The molecule has 0 aliphatic carbocycles. The van der Waals surface area contributed by atoms with E-state index < -0.39 is 11.0 Å². The van der Waals surface area contributed by atoms with Crippen molar-refractivity contribution in [1.29, 1.82) is 0 Å². The lowest BCUT2D eigenvalue weighted by molar-refractivity contribution is -0.380. The highest BCUT2D eigenvalue weighted by molar-refractivity contribution is 7.13. The number of benzene rings is 1. The van der Waals surface area contributed by atoms with Crippen LogP contribution in [0.5, 0.6) is 0 Å². The summed E-state index contributed by atoms with van der Waals surface area (Å²) in [6.45, 7) is 5.76. The molecule has 0 bridgehead atoms. The summed E-state index contributed by atoms with van der Waals surface area (Å²) in [7, 11) is 0. The molecule has 0 aliphatic rings. The van der Waals surface area contributed by atoms with Crippen LogP contribution in [0.1, 0.15) is 43.1 Å². The standard InChI is InChI=1S/C15H14N4O5S.C2H6/c1-2-12(20)9-3-5-11(6-4-9)17-15(21)24-18-14(16)10-7-13(19(22)23)25-8-10;1-2/h3-8H,2H2,1H3,(H2,16,18)(H,17,21);1-2H3. The summed E-state index contributed by atoms with van der Waals surface area (Å²) in [5.74, 6) is -0.167. The third-order valence-electron chi connectivity index (χ3n) is 3.06. The smallest absolute Gasteiger partial charge is 0.380 e. The Morgan fingerprint density at radius 2 is 1.89 bits per heavy atom. The molecule has 27 heavy (non-hydrogen) atoms. The summed E-state index contributed by atoms with van der Waals surface area (Å²) < 4.78 is 0. The zero-order valence-corrected chi connectivity index (χ0v) is 15.9. The normalized spacial score (nSPS) is 10.4. The topological polar surface area (TPSA) is 137 Å². The highest BCUT2D eigenvalue weighted by Gasteiger charge is 2.13. The lowest BCUT2D eigenvalue weighted by Gasteiger charge is -2.04. The Morgan fingerprint density at radius 3 is 2.41 bits per heavy atom. The van der Waals surface area contributed by atoms with Gasteiger partial charge in [-0.2, -0.15) is 0 Å². The Labute approximate surface area is 160 Å². The van der Waals surface area contributed by atoms with Crippen molar-refractivity contribution in [2.45, 2.75) is 27.2 Å². The molecule has 2 aromatic rings. The second-order valence-corrected chi connectivity index (χ2v) is 5.65. The number of rotatable bonds is 6. The lowest BCUT2D eigenvalue weighted by Crippen LogP contribution is -2.17. The summed E-state index contributed by atoms with van der Waals surface area (Å²) >= 11 is 0.885. The van der Waals surface area contributed by atoms with Crippen LogP contribution in [-0.2, 0) is 4.84 Å². The van der Waals surface area contributed by atoms with E-state index in [9.17, 15) is 19.7 Å². The highest BCUT2D eigenvalue weighted by atomic mass is 32.1. The Bertz CT molecular complexity index is 830. The Hall–Kier alpha value is -3.27. The monoisotopic (exact) mass is 392 g/mol. The van der Waals surface area contributed by atoms with Crippen molar-refractivity contribution in [1.82, 2.24) is 0 Å². The predicted octanol–water partition coefficient (Wildman–Crippen LogP) is 4.14. The number of carbonyl (C=O) groups excluding carboxylic acids is 2. The van der Waals surface area contributed by atoms with Gasteiger partial charge in [0.2, 0.25) is 0 Å². The van der Waals surface area contributed by atoms with Gasteiger partial charge in [0.05, 0.1) is 4.92 Å². The maximum atomic E-state index is 11.7. The van der Waals surface area contributed by atoms with Crippen molar-refractivity contribution in [3.63, 3.8) is 0 Å². The first-order valence-electron chi connectivity index (χ1n) is 8.08. The van der Waals surface area contributed by atoms with Crippen LogP contribution < -0.4 is 11.1 Å². The predicted molar refractivity (Wildman–Crippen MR) is 104 cm³/mol. The number of nitrogens with one attached hydrogen (secondary N) is 1. The molecule has 1 aromatic carbocycles. The number of nitrogens with zero attached hydrogens (tertiary/aromatic N) is 2. The number of nitrogens with two attached hydrogens (primary N) is 1. The molecule has 9 nitrogen and oxygen atoms in total. The first kappa shape index (κ1) is 21.8. The lowest BCUT2D eigenvalue weighted by atomic mass is 10.1. The van der Waals surface area contributed by atoms with Gasteiger partial charge in [0.15, 0.2) is 11.6 Å². The molecule has 2 rings (SSSR count). The Morgan fingerprint density at radius 1 is 1.26 bits per heavy atom.